The molecular weight excluding hydrogens is 431 g/mol. The van der Waals surface area contributed by atoms with Gasteiger partial charge in [-0.05, 0) is 61.4 Å². The average molecular weight is 469 g/mol. The Labute approximate surface area is 201 Å². The molecule has 8 heteroatoms. The van der Waals surface area contributed by atoms with Crippen molar-refractivity contribution >= 4 is 5.57 Å². The maximum Gasteiger partial charge on any atom is 0.125 e. The number of aromatic amines is 1. The second kappa shape index (κ2) is 9.77. The summed E-state index contributed by atoms with van der Waals surface area (Å²) in [6.07, 6.45) is 6.63. The van der Waals surface area contributed by atoms with Crippen LogP contribution in [0.4, 0.5) is 4.39 Å². The van der Waals surface area contributed by atoms with Crippen LogP contribution in [-0.2, 0) is 6.42 Å². The van der Waals surface area contributed by atoms with Crippen molar-refractivity contribution in [3.05, 3.63) is 53.1 Å². The smallest absolute Gasteiger partial charge is 0.125 e. The number of hydrazine groups is 1. The highest BCUT2D eigenvalue weighted by molar-refractivity contribution is 5.63. The standard InChI is InChI=1S/C26H37FN6O/c1-3-16-12-18(34)4-5-19(16)20-6-7-21-24(23(20)27)31-32-25(21)26-29-14-22(30-26)17-8-10-33(11-9-17)15(2)13-28/h4-5,8,12,14-15,20-21,23-25,31-32,34H,3,6-7,9-11,13,28H2,1-2H3,(H,29,30). The first kappa shape index (κ1) is 23.5. The third kappa shape index (κ3) is 4.28. The first-order chi connectivity index (χ1) is 16.5. The molecule has 6 N–H and O–H groups in total. The van der Waals surface area contributed by atoms with Crippen molar-refractivity contribution in [1.29, 1.82) is 0 Å². The van der Waals surface area contributed by atoms with Gasteiger partial charge in [-0.15, -0.1) is 0 Å². The molecule has 6 atom stereocenters. The molecule has 3 heterocycles. The lowest BCUT2D eigenvalue weighted by Crippen LogP contribution is -2.45. The van der Waals surface area contributed by atoms with Gasteiger partial charge in [-0.25, -0.2) is 14.8 Å². The van der Waals surface area contributed by atoms with Crippen molar-refractivity contribution in [2.75, 3.05) is 19.6 Å². The van der Waals surface area contributed by atoms with Crippen molar-refractivity contribution < 1.29 is 9.50 Å². The predicted molar refractivity (Wildman–Crippen MR) is 132 cm³/mol. The summed E-state index contributed by atoms with van der Waals surface area (Å²) in [6.45, 7) is 6.78. The maximum absolute atomic E-state index is 15.8. The van der Waals surface area contributed by atoms with E-state index in [1.807, 2.05) is 12.3 Å². The number of halogens is 1. The number of phenols is 1. The number of nitrogens with zero attached hydrogens (tertiary/aromatic N) is 2. The fourth-order valence-corrected chi connectivity index (χ4v) is 6.05. The molecule has 34 heavy (non-hydrogen) atoms. The van der Waals surface area contributed by atoms with Gasteiger partial charge in [0.05, 0.1) is 24.0 Å². The first-order valence-corrected chi connectivity index (χ1v) is 12.7. The highest BCUT2D eigenvalue weighted by Gasteiger charge is 2.48. The number of aryl methyl sites for hydroxylation is 1. The lowest BCUT2D eigenvalue weighted by Gasteiger charge is -2.36. The summed E-state index contributed by atoms with van der Waals surface area (Å²) in [5.41, 5.74) is 16.8. The molecule has 184 valence electrons. The zero-order valence-electron chi connectivity index (χ0n) is 20.1. The molecule has 1 aliphatic carbocycles. The lowest BCUT2D eigenvalue weighted by molar-refractivity contribution is 0.135. The molecule has 1 aromatic heterocycles. The van der Waals surface area contributed by atoms with Crippen LogP contribution in [0.2, 0.25) is 0 Å². The largest absolute Gasteiger partial charge is 0.508 e. The number of hydrogen-bond donors (Lipinski definition) is 5. The number of benzene rings is 1. The minimum Gasteiger partial charge on any atom is -0.508 e. The predicted octanol–water partition coefficient (Wildman–Crippen LogP) is 3.16. The summed E-state index contributed by atoms with van der Waals surface area (Å²) in [4.78, 5) is 10.6. The molecule has 3 aliphatic rings. The van der Waals surface area contributed by atoms with Crippen LogP contribution in [0, 0.1) is 5.92 Å². The van der Waals surface area contributed by atoms with Gasteiger partial charge in [0, 0.05) is 37.5 Å². The van der Waals surface area contributed by atoms with Crippen LogP contribution in [0.25, 0.3) is 5.57 Å². The molecule has 5 rings (SSSR count). The van der Waals surface area contributed by atoms with E-state index in [1.165, 1.54) is 5.57 Å². The number of nitrogens with two attached hydrogens (primary N) is 1. The van der Waals surface area contributed by atoms with Crippen molar-refractivity contribution in [2.24, 2.45) is 11.7 Å². The zero-order chi connectivity index (χ0) is 23.8. The van der Waals surface area contributed by atoms with E-state index in [-0.39, 0.29) is 29.7 Å². The van der Waals surface area contributed by atoms with Crippen LogP contribution in [0.3, 0.4) is 0 Å². The van der Waals surface area contributed by atoms with E-state index >= 15 is 4.39 Å². The number of aromatic hydroxyl groups is 1. The number of aromatic nitrogens is 2. The summed E-state index contributed by atoms with van der Waals surface area (Å²) in [5, 5.41) is 9.85. The second-order valence-corrected chi connectivity index (χ2v) is 10.1. The number of H-pyrrole nitrogens is 1. The molecule has 0 bridgehead atoms. The SMILES string of the molecule is CCc1cc(O)ccc1C1CCC2C(c3ncc(C4=CCN(C(C)CN)CC4)[nH]3)NNC2C1F. The highest BCUT2D eigenvalue weighted by atomic mass is 19.1. The van der Waals surface area contributed by atoms with Crippen LogP contribution in [-0.4, -0.2) is 57.9 Å². The third-order valence-electron chi connectivity index (χ3n) is 8.18. The number of rotatable bonds is 6. The third-order valence-corrected chi connectivity index (χ3v) is 8.18. The molecular formula is C26H37FN6O. The van der Waals surface area contributed by atoms with Crippen LogP contribution in [0.1, 0.15) is 67.7 Å². The Morgan fingerprint density at radius 2 is 2.15 bits per heavy atom. The average Bonchev–Trinajstić information content (AvgIpc) is 3.52. The normalized spacial score (nSPS) is 30.7. The van der Waals surface area contributed by atoms with Crippen LogP contribution >= 0.6 is 0 Å². The number of hydrogen-bond acceptors (Lipinski definition) is 6. The number of fused-ring (bicyclic) bond motifs is 1. The topological polar surface area (TPSA) is 102 Å². The van der Waals surface area contributed by atoms with E-state index in [0.29, 0.717) is 12.6 Å². The molecule has 2 fully saturated rings. The van der Waals surface area contributed by atoms with Gasteiger partial charge in [-0.1, -0.05) is 19.1 Å². The summed E-state index contributed by atoms with van der Waals surface area (Å²) < 4.78 is 15.8. The Kier molecular flexibility index (Phi) is 6.75. The summed E-state index contributed by atoms with van der Waals surface area (Å²) in [5.74, 6) is 1.09. The fourth-order valence-electron chi connectivity index (χ4n) is 6.05. The highest BCUT2D eigenvalue weighted by Crippen LogP contribution is 2.45. The number of imidazole rings is 1. The molecule has 1 saturated heterocycles. The Hall–Kier alpha value is -2.26. The molecule has 2 aliphatic heterocycles. The van der Waals surface area contributed by atoms with Gasteiger partial charge in [0.25, 0.3) is 0 Å². The molecule has 1 aromatic carbocycles. The van der Waals surface area contributed by atoms with E-state index < -0.39 is 6.17 Å². The quantitative estimate of drug-likeness (QED) is 0.446. The second-order valence-electron chi connectivity index (χ2n) is 10.1. The monoisotopic (exact) mass is 468 g/mol. The number of alkyl halides is 1. The molecule has 0 amide bonds. The molecule has 2 aromatic rings. The van der Waals surface area contributed by atoms with E-state index in [2.05, 4.69) is 40.7 Å². The van der Waals surface area contributed by atoms with Crippen molar-refractivity contribution in [3.8, 4) is 5.75 Å². The van der Waals surface area contributed by atoms with Crippen LogP contribution in [0.5, 0.6) is 5.75 Å². The van der Waals surface area contributed by atoms with Gasteiger partial charge >= 0.3 is 0 Å². The maximum atomic E-state index is 15.8. The minimum atomic E-state index is -1.00. The van der Waals surface area contributed by atoms with E-state index in [1.54, 1.807) is 12.1 Å². The lowest BCUT2D eigenvalue weighted by atomic mass is 9.71. The molecule has 0 radical (unpaired) electrons. The molecule has 1 saturated carbocycles. The van der Waals surface area contributed by atoms with Crippen LogP contribution < -0.4 is 16.6 Å². The van der Waals surface area contributed by atoms with Gasteiger partial charge in [0.1, 0.15) is 17.7 Å². The fraction of sp³-hybridized carbons (Fsp3) is 0.577. The van der Waals surface area contributed by atoms with Crippen molar-refractivity contribution in [2.45, 2.75) is 69.7 Å². The molecule has 6 unspecified atom stereocenters. The van der Waals surface area contributed by atoms with Gasteiger partial charge < -0.3 is 15.8 Å². The van der Waals surface area contributed by atoms with Gasteiger partial charge in [-0.3, -0.25) is 10.3 Å². The van der Waals surface area contributed by atoms with E-state index in [4.69, 9.17) is 10.7 Å². The summed E-state index contributed by atoms with van der Waals surface area (Å²) in [7, 11) is 0. The van der Waals surface area contributed by atoms with Crippen molar-refractivity contribution in [3.63, 3.8) is 0 Å². The molecule has 0 spiro atoms. The zero-order valence-corrected chi connectivity index (χ0v) is 20.1. The number of nitrogens with one attached hydrogen (secondary N) is 3. The van der Waals surface area contributed by atoms with Gasteiger partial charge in [0.2, 0.25) is 0 Å². The first-order valence-electron chi connectivity index (χ1n) is 12.7. The van der Waals surface area contributed by atoms with E-state index in [0.717, 1.165) is 61.4 Å². The molecule has 7 nitrogen and oxygen atoms in total. The summed E-state index contributed by atoms with van der Waals surface area (Å²) in [6, 6.07) is 5.43. The summed E-state index contributed by atoms with van der Waals surface area (Å²) >= 11 is 0. The minimum absolute atomic E-state index is 0.0404. The van der Waals surface area contributed by atoms with Crippen LogP contribution in [0.15, 0.2) is 30.5 Å². The Morgan fingerprint density at radius 1 is 1.29 bits per heavy atom. The van der Waals surface area contributed by atoms with Crippen molar-refractivity contribution in [1.82, 2.24) is 25.7 Å². The number of phenolic OH excluding ortho intramolecular Hbond substituents is 1. The Morgan fingerprint density at radius 3 is 2.88 bits per heavy atom. The Balaban J connectivity index is 1.28. The Bertz CT molecular complexity index is 1040. The van der Waals surface area contributed by atoms with Gasteiger partial charge in [-0.2, -0.15) is 0 Å². The van der Waals surface area contributed by atoms with E-state index in [9.17, 15) is 5.11 Å². The van der Waals surface area contributed by atoms with Gasteiger partial charge in [0.15, 0.2) is 0 Å².